The first-order valence-corrected chi connectivity index (χ1v) is 7.98. The van der Waals surface area contributed by atoms with Crippen LogP contribution >= 0.6 is 0 Å². The van der Waals surface area contributed by atoms with Crippen LogP contribution in [0.4, 0.5) is 0 Å². The minimum Gasteiger partial charge on any atom is -0.396 e. The molecule has 1 fully saturated rings. The van der Waals surface area contributed by atoms with Crippen LogP contribution in [0.1, 0.15) is 61.8 Å². The molecule has 1 aromatic rings. The van der Waals surface area contributed by atoms with Gasteiger partial charge in [-0.15, -0.1) is 0 Å². The van der Waals surface area contributed by atoms with E-state index in [4.69, 9.17) is 0 Å². The number of hydrogen-bond donors (Lipinski definition) is 2. The smallest absolute Gasteiger partial charge is 0.0499 e. The Morgan fingerprint density at radius 1 is 1.20 bits per heavy atom. The molecule has 2 heteroatoms. The quantitative estimate of drug-likeness (QED) is 0.854. The normalized spacial score (nSPS) is 19.8. The minimum atomic E-state index is 0.116. The molecular weight excluding hydrogens is 246 g/mol. The molecule has 1 aliphatic rings. The molecule has 1 atom stereocenters. The van der Waals surface area contributed by atoms with Crippen LogP contribution in [0.2, 0.25) is 0 Å². The van der Waals surface area contributed by atoms with E-state index in [1.54, 1.807) is 0 Å². The maximum absolute atomic E-state index is 9.78. The summed E-state index contributed by atoms with van der Waals surface area (Å²) in [4.78, 5) is 0. The Hall–Kier alpha value is -0.860. The summed E-state index contributed by atoms with van der Waals surface area (Å²) < 4.78 is 0. The Balaban J connectivity index is 1.98. The summed E-state index contributed by atoms with van der Waals surface area (Å²) in [6.45, 7) is 7.80. The van der Waals surface area contributed by atoms with Crippen molar-refractivity contribution in [1.82, 2.24) is 5.32 Å². The molecule has 112 valence electrons. The zero-order chi connectivity index (χ0) is 14.6. The van der Waals surface area contributed by atoms with Crippen LogP contribution in [-0.2, 0) is 0 Å². The van der Waals surface area contributed by atoms with Gasteiger partial charge in [0.05, 0.1) is 0 Å². The number of rotatable bonds is 5. The fourth-order valence-electron chi connectivity index (χ4n) is 3.48. The third kappa shape index (κ3) is 3.62. The monoisotopic (exact) mass is 275 g/mol. The Kier molecular flexibility index (Phi) is 5.22. The first-order valence-electron chi connectivity index (χ1n) is 7.98. The van der Waals surface area contributed by atoms with Crippen molar-refractivity contribution in [2.24, 2.45) is 5.41 Å². The van der Waals surface area contributed by atoms with Crippen molar-refractivity contribution in [1.29, 1.82) is 0 Å². The molecule has 0 heterocycles. The summed E-state index contributed by atoms with van der Waals surface area (Å²) in [6.07, 6.45) is 6.18. The molecule has 0 bridgehead atoms. The Labute approximate surface area is 123 Å². The molecule has 2 N–H and O–H groups in total. The van der Waals surface area contributed by atoms with Gasteiger partial charge in [0.2, 0.25) is 0 Å². The number of hydrogen-bond acceptors (Lipinski definition) is 2. The van der Waals surface area contributed by atoms with Gasteiger partial charge >= 0.3 is 0 Å². The minimum absolute atomic E-state index is 0.116. The lowest BCUT2D eigenvalue weighted by molar-refractivity contribution is 0.0788. The standard InChI is InChI=1S/C18H29NO/c1-14-7-8-17(15(2)11-14)16(3)19-12-18(13-20)9-5-4-6-10-18/h7-8,11,16,19-20H,4-6,9-10,12-13H2,1-3H3. The molecule has 0 amide bonds. The highest BCUT2D eigenvalue weighted by molar-refractivity contribution is 5.32. The molecule has 0 spiro atoms. The van der Waals surface area contributed by atoms with Gasteiger partial charge in [-0.3, -0.25) is 0 Å². The highest BCUT2D eigenvalue weighted by Gasteiger charge is 2.31. The van der Waals surface area contributed by atoms with E-state index >= 15 is 0 Å². The fourth-order valence-corrected chi connectivity index (χ4v) is 3.48. The second-order valence-electron chi connectivity index (χ2n) is 6.68. The largest absolute Gasteiger partial charge is 0.396 e. The third-order valence-corrected chi connectivity index (χ3v) is 4.92. The maximum atomic E-state index is 9.78. The molecule has 0 aromatic heterocycles. The maximum Gasteiger partial charge on any atom is 0.0499 e. The van der Waals surface area contributed by atoms with Crippen molar-refractivity contribution in [3.05, 3.63) is 34.9 Å². The van der Waals surface area contributed by atoms with Crippen molar-refractivity contribution >= 4 is 0 Å². The molecule has 0 aliphatic heterocycles. The van der Waals surface area contributed by atoms with E-state index in [1.807, 2.05) is 0 Å². The van der Waals surface area contributed by atoms with Crippen molar-refractivity contribution in [2.75, 3.05) is 13.2 Å². The lowest BCUT2D eigenvalue weighted by Gasteiger charge is -2.37. The molecule has 1 unspecified atom stereocenters. The topological polar surface area (TPSA) is 32.3 Å². The van der Waals surface area contributed by atoms with E-state index < -0.39 is 0 Å². The summed E-state index contributed by atoms with van der Waals surface area (Å²) >= 11 is 0. The van der Waals surface area contributed by atoms with Crippen molar-refractivity contribution < 1.29 is 5.11 Å². The van der Waals surface area contributed by atoms with Crippen molar-refractivity contribution in [3.8, 4) is 0 Å². The Morgan fingerprint density at radius 3 is 2.50 bits per heavy atom. The molecule has 0 radical (unpaired) electrons. The molecule has 1 saturated carbocycles. The first-order chi connectivity index (χ1) is 9.56. The Bertz CT molecular complexity index is 435. The van der Waals surface area contributed by atoms with Gasteiger partial charge in [-0.25, -0.2) is 0 Å². The molecule has 2 rings (SSSR count). The van der Waals surface area contributed by atoms with Gasteiger partial charge in [0.15, 0.2) is 0 Å². The van der Waals surface area contributed by atoms with Gasteiger partial charge in [0.1, 0.15) is 0 Å². The summed E-state index contributed by atoms with van der Waals surface area (Å²) in [5, 5.41) is 13.4. The molecule has 1 aliphatic carbocycles. The molecule has 0 saturated heterocycles. The summed E-state index contributed by atoms with van der Waals surface area (Å²) in [6, 6.07) is 7.01. The van der Waals surface area contributed by atoms with Crippen LogP contribution in [0.5, 0.6) is 0 Å². The predicted molar refractivity (Wildman–Crippen MR) is 84.9 cm³/mol. The number of benzene rings is 1. The van der Waals surface area contributed by atoms with Crippen LogP contribution in [0.25, 0.3) is 0 Å². The van der Waals surface area contributed by atoms with E-state index in [0.29, 0.717) is 12.6 Å². The highest BCUT2D eigenvalue weighted by Crippen LogP contribution is 2.35. The van der Waals surface area contributed by atoms with Gasteiger partial charge in [-0.2, -0.15) is 0 Å². The number of nitrogens with one attached hydrogen (secondary N) is 1. The van der Waals surface area contributed by atoms with Gasteiger partial charge in [0, 0.05) is 24.6 Å². The average Bonchev–Trinajstić information content (AvgIpc) is 2.46. The van der Waals surface area contributed by atoms with Gasteiger partial charge in [-0.05, 0) is 44.7 Å². The van der Waals surface area contributed by atoms with E-state index in [1.165, 1.54) is 36.0 Å². The first kappa shape index (κ1) is 15.5. The molecule has 20 heavy (non-hydrogen) atoms. The van der Waals surface area contributed by atoms with Gasteiger partial charge in [0.25, 0.3) is 0 Å². The fraction of sp³-hybridized carbons (Fsp3) is 0.667. The average molecular weight is 275 g/mol. The summed E-state index contributed by atoms with van der Waals surface area (Å²) in [7, 11) is 0. The zero-order valence-corrected chi connectivity index (χ0v) is 13.2. The third-order valence-electron chi connectivity index (χ3n) is 4.92. The van der Waals surface area contributed by atoms with Crippen LogP contribution in [0.15, 0.2) is 18.2 Å². The van der Waals surface area contributed by atoms with Crippen LogP contribution in [0, 0.1) is 19.3 Å². The van der Waals surface area contributed by atoms with E-state index in [-0.39, 0.29) is 5.41 Å². The van der Waals surface area contributed by atoms with E-state index in [0.717, 1.165) is 19.4 Å². The molecule has 1 aromatic carbocycles. The van der Waals surface area contributed by atoms with Crippen LogP contribution in [-0.4, -0.2) is 18.3 Å². The van der Waals surface area contributed by atoms with Crippen molar-refractivity contribution in [2.45, 2.75) is 58.9 Å². The number of aliphatic hydroxyl groups excluding tert-OH is 1. The second-order valence-corrected chi connectivity index (χ2v) is 6.68. The second kappa shape index (κ2) is 6.73. The predicted octanol–water partition coefficient (Wildman–Crippen LogP) is 3.90. The lowest BCUT2D eigenvalue weighted by Crippen LogP contribution is -2.40. The van der Waals surface area contributed by atoms with E-state index in [9.17, 15) is 5.11 Å². The van der Waals surface area contributed by atoms with E-state index in [2.05, 4.69) is 44.3 Å². The zero-order valence-electron chi connectivity index (χ0n) is 13.2. The number of aryl methyl sites for hydroxylation is 2. The summed E-state index contributed by atoms with van der Waals surface area (Å²) in [5.41, 5.74) is 4.16. The van der Waals surface area contributed by atoms with Crippen molar-refractivity contribution in [3.63, 3.8) is 0 Å². The molecular formula is C18H29NO. The summed E-state index contributed by atoms with van der Waals surface area (Å²) in [5.74, 6) is 0. The SMILES string of the molecule is Cc1ccc(C(C)NCC2(CO)CCCCC2)c(C)c1. The van der Waals surface area contributed by atoms with Gasteiger partial charge in [-0.1, -0.05) is 43.0 Å². The van der Waals surface area contributed by atoms with Crippen LogP contribution in [0.3, 0.4) is 0 Å². The Morgan fingerprint density at radius 2 is 1.90 bits per heavy atom. The lowest BCUT2D eigenvalue weighted by atomic mass is 9.74. The number of aliphatic hydroxyl groups is 1. The van der Waals surface area contributed by atoms with Gasteiger partial charge < -0.3 is 10.4 Å². The molecule has 2 nitrogen and oxygen atoms in total. The highest BCUT2D eigenvalue weighted by atomic mass is 16.3. The van der Waals surface area contributed by atoms with Crippen LogP contribution < -0.4 is 5.32 Å².